The summed E-state index contributed by atoms with van der Waals surface area (Å²) in [5, 5.41) is 4.08. The first-order valence-electron chi connectivity index (χ1n) is 5.14. The molecule has 0 saturated carbocycles. The lowest BCUT2D eigenvalue weighted by molar-refractivity contribution is 0.761. The predicted octanol–water partition coefficient (Wildman–Crippen LogP) is 0.134. The van der Waals surface area contributed by atoms with Gasteiger partial charge in [-0.3, -0.25) is 4.68 Å². The van der Waals surface area contributed by atoms with Crippen LogP contribution in [0.5, 0.6) is 0 Å². The molecule has 7 nitrogen and oxygen atoms in total. The third kappa shape index (κ3) is 1.66. The fourth-order valence-electron chi connectivity index (χ4n) is 1.69. The normalized spacial score (nSPS) is 13.1. The molecule has 3 heterocycles. The molecule has 0 amide bonds. The van der Waals surface area contributed by atoms with Crippen molar-refractivity contribution < 1.29 is 0 Å². The number of imidazole rings is 1. The lowest BCUT2D eigenvalue weighted by Crippen LogP contribution is -2.12. The zero-order valence-electron chi connectivity index (χ0n) is 9.20. The predicted molar refractivity (Wildman–Crippen MR) is 60.9 cm³/mol. The topological polar surface area (TPSA) is 98.3 Å². The molecule has 3 N–H and O–H groups in total. The van der Waals surface area contributed by atoms with E-state index in [4.69, 9.17) is 5.73 Å². The number of aromatic nitrogens is 6. The van der Waals surface area contributed by atoms with Crippen LogP contribution < -0.4 is 5.73 Å². The molecule has 1 atom stereocenters. The highest BCUT2D eigenvalue weighted by molar-refractivity contribution is 5.68. The van der Waals surface area contributed by atoms with Gasteiger partial charge in [-0.25, -0.2) is 15.0 Å². The first-order chi connectivity index (χ1) is 8.24. The number of rotatable bonds is 2. The highest BCUT2D eigenvalue weighted by Crippen LogP contribution is 2.18. The molecule has 0 aliphatic rings. The number of nitrogens with two attached hydrogens (primary N) is 1. The fraction of sp³-hybridized carbons (Fsp3) is 0.200. The minimum Gasteiger partial charge on any atom is -0.338 e. The zero-order chi connectivity index (χ0) is 11.8. The third-order valence-electron chi connectivity index (χ3n) is 2.56. The van der Waals surface area contributed by atoms with Crippen molar-refractivity contribution in [3.05, 3.63) is 36.3 Å². The maximum atomic E-state index is 6.10. The van der Waals surface area contributed by atoms with E-state index in [1.165, 1.54) is 6.33 Å². The summed E-state index contributed by atoms with van der Waals surface area (Å²) in [6.45, 7) is 0. The highest BCUT2D eigenvalue weighted by Gasteiger charge is 2.15. The van der Waals surface area contributed by atoms with Crippen molar-refractivity contribution in [2.75, 3.05) is 0 Å². The Balaban J connectivity index is 2.03. The second kappa shape index (κ2) is 3.63. The van der Waals surface area contributed by atoms with E-state index in [1.54, 1.807) is 17.1 Å². The first-order valence-corrected chi connectivity index (χ1v) is 5.14. The summed E-state index contributed by atoms with van der Waals surface area (Å²) in [5.41, 5.74) is 8.40. The smallest absolute Gasteiger partial charge is 0.180 e. The van der Waals surface area contributed by atoms with Gasteiger partial charge >= 0.3 is 0 Å². The Bertz CT molecular complexity index is 620. The summed E-state index contributed by atoms with van der Waals surface area (Å²) in [6.07, 6.45) is 6.73. The first kappa shape index (κ1) is 9.91. The van der Waals surface area contributed by atoms with E-state index in [9.17, 15) is 0 Å². The van der Waals surface area contributed by atoms with Crippen molar-refractivity contribution in [1.29, 1.82) is 0 Å². The van der Waals surface area contributed by atoms with Gasteiger partial charge in [0.2, 0.25) is 0 Å². The molecule has 7 heteroatoms. The molecule has 3 rings (SSSR count). The number of H-pyrrole nitrogens is 1. The largest absolute Gasteiger partial charge is 0.338 e. The van der Waals surface area contributed by atoms with E-state index in [0.717, 1.165) is 11.1 Å². The number of nitrogens with zero attached hydrogens (tertiary/aromatic N) is 5. The van der Waals surface area contributed by atoms with E-state index >= 15 is 0 Å². The Morgan fingerprint density at radius 1 is 1.41 bits per heavy atom. The molecule has 0 saturated heterocycles. The van der Waals surface area contributed by atoms with Crippen LogP contribution in [-0.2, 0) is 7.05 Å². The minimum absolute atomic E-state index is 0.335. The van der Waals surface area contributed by atoms with Crippen LogP contribution in [0.2, 0.25) is 0 Å². The van der Waals surface area contributed by atoms with Crippen molar-refractivity contribution in [1.82, 2.24) is 29.7 Å². The standard InChI is InChI=1S/C10H11N7/c1-17-4-6(2-14-17)8(11)10-15-7-3-12-5-13-9(7)16-10/h2-5,8H,11H2,1H3,(H,12,13,15,16). The van der Waals surface area contributed by atoms with Crippen LogP contribution in [0.3, 0.4) is 0 Å². The van der Waals surface area contributed by atoms with Gasteiger partial charge in [0.25, 0.3) is 0 Å². The molecular weight excluding hydrogens is 218 g/mol. The number of fused-ring (bicyclic) bond motifs is 1. The van der Waals surface area contributed by atoms with Crippen LogP contribution in [0.1, 0.15) is 17.4 Å². The average Bonchev–Trinajstić information content (AvgIpc) is 2.93. The van der Waals surface area contributed by atoms with Crippen molar-refractivity contribution in [2.45, 2.75) is 6.04 Å². The summed E-state index contributed by atoms with van der Waals surface area (Å²) in [6, 6.07) is -0.335. The Kier molecular flexibility index (Phi) is 2.12. The molecule has 17 heavy (non-hydrogen) atoms. The molecule has 0 fully saturated rings. The number of aryl methyl sites for hydroxylation is 1. The molecule has 0 radical (unpaired) electrons. The van der Waals surface area contributed by atoms with Gasteiger partial charge in [-0.2, -0.15) is 5.10 Å². The Morgan fingerprint density at radius 3 is 3.00 bits per heavy atom. The van der Waals surface area contributed by atoms with E-state index in [-0.39, 0.29) is 6.04 Å². The summed E-state index contributed by atoms with van der Waals surface area (Å²) >= 11 is 0. The van der Waals surface area contributed by atoms with Crippen molar-refractivity contribution in [3.8, 4) is 0 Å². The average molecular weight is 229 g/mol. The molecule has 0 aromatic carbocycles. The van der Waals surface area contributed by atoms with E-state index in [1.807, 2.05) is 13.2 Å². The SMILES string of the molecule is Cn1cc(C(N)c2nc3ncncc3[nH]2)cn1. The van der Waals surface area contributed by atoms with Crippen LogP contribution >= 0.6 is 0 Å². The van der Waals surface area contributed by atoms with Crippen LogP contribution in [-0.4, -0.2) is 29.7 Å². The molecule has 0 spiro atoms. The van der Waals surface area contributed by atoms with Crippen LogP contribution in [0.4, 0.5) is 0 Å². The fourth-order valence-corrected chi connectivity index (χ4v) is 1.69. The second-order valence-electron chi connectivity index (χ2n) is 3.81. The molecule has 0 aliphatic heterocycles. The Morgan fingerprint density at radius 2 is 2.29 bits per heavy atom. The van der Waals surface area contributed by atoms with Crippen molar-refractivity contribution in [3.63, 3.8) is 0 Å². The van der Waals surface area contributed by atoms with Gasteiger partial charge in [0, 0.05) is 18.8 Å². The molecule has 3 aromatic rings. The molecular formula is C10H11N7. The lowest BCUT2D eigenvalue weighted by atomic mass is 10.2. The van der Waals surface area contributed by atoms with Gasteiger partial charge in [-0.1, -0.05) is 0 Å². The van der Waals surface area contributed by atoms with E-state index < -0.39 is 0 Å². The summed E-state index contributed by atoms with van der Waals surface area (Å²) in [4.78, 5) is 15.4. The van der Waals surface area contributed by atoms with Gasteiger partial charge in [0.15, 0.2) is 5.65 Å². The molecule has 86 valence electrons. The molecule has 1 unspecified atom stereocenters. The Labute approximate surface area is 96.7 Å². The zero-order valence-corrected chi connectivity index (χ0v) is 9.20. The van der Waals surface area contributed by atoms with E-state index in [2.05, 4.69) is 25.0 Å². The summed E-state index contributed by atoms with van der Waals surface area (Å²) in [7, 11) is 1.85. The molecule has 0 bridgehead atoms. The van der Waals surface area contributed by atoms with Gasteiger partial charge in [0.1, 0.15) is 17.7 Å². The van der Waals surface area contributed by atoms with Gasteiger partial charge in [-0.05, 0) is 0 Å². The summed E-state index contributed by atoms with van der Waals surface area (Å²) < 4.78 is 1.71. The van der Waals surface area contributed by atoms with Crippen molar-refractivity contribution in [2.24, 2.45) is 12.8 Å². The number of hydrogen-bond acceptors (Lipinski definition) is 5. The maximum Gasteiger partial charge on any atom is 0.180 e. The van der Waals surface area contributed by atoms with Gasteiger partial charge in [0.05, 0.1) is 18.4 Å². The van der Waals surface area contributed by atoms with Crippen LogP contribution in [0, 0.1) is 0 Å². The highest BCUT2D eigenvalue weighted by atomic mass is 15.2. The lowest BCUT2D eigenvalue weighted by Gasteiger charge is -2.04. The molecule has 3 aromatic heterocycles. The minimum atomic E-state index is -0.335. The number of hydrogen-bond donors (Lipinski definition) is 2. The Hall–Kier alpha value is -2.28. The maximum absolute atomic E-state index is 6.10. The van der Waals surface area contributed by atoms with Gasteiger partial charge in [-0.15, -0.1) is 0 Å². The quantitative estimate of drug-likeness (QED) is 0.651. The third-order valence-corrected chi connectivity index (χ3v) is 2.56. The van der Waals surface area contributed by atoms with Crippen LogP contribution in [0.25, 0.3) is 11.2 Å². The summed E-state index contributed by atoms with van der Waals surface area (Å²) in [5.74, 6) is 0.661. The van der Waals surface area contributed by atoms with Crippen LogP contribution in [0.15, 0.2) is 24.9 Å². The second-order valence-corrected chi connectivity index (χ2v) is 3.81. The van der Waals surface area contributed by atoms with E-state index in [0.29, 0.717) is 11.5 Å². The number of nitrogens with one attached hydrogen (secondary N) is 1. The molecule has 0 aliphatic carbocycles. The monoisotopic (exact) mass is 229 g/mol. The number of aromatic amines is 1. The van der Waals surface area contributed by atoms with Crippen molar-refractivity contribution >= 4 is 11.2 Å². The van der Waals surface area contributed by atoms with Gasteiger partial charge < -0.3 is 10.7 Å².